The van der Waals surface area contributed by atoms with Crippen molar-refractivity contribution in [2.75, 3.05) is 32.9 Å². The van der Waals surface area contributed by atoms with Crippen molar-refractivity contribution in [2.24, 2.45) is 0 Å². The Morgan fingerprint density at radius 2 is 2.16 bits per heavy atom. The highest BCUT2D eigenvalue weighted by atomic mass is 35.5. The fraction of sp³-hybridized carbons (Fsp3) is 0.357. The van der Waals surface area contributed by atoms with Gasteiger partial charge < -0.3 is 14.7 Å². The highest BCUT2D eigenvalue weighted by molar-refractivity contribution is 6.32. The monoisotopic (exact) mass is 279 g/mol. The zero-order valence-electron chi connectivity index (χ0n) is 10.4. The molecule has 1 amide bonds. The second-order valence-electron chi connectivity index (χ2n) is 4.06. The number of aliphatic hydroxyl groups is 1. The first-order valence-electron chi connectivity index (χ1n) is 5.98. The molecule has 5 heteroatoms. The smallest absolute Gasteiger partial charge is 0.254 e. The Hall–Kier alpha value is -1.54. The third-order valence-electron chi connectivity index (χ3n) is 2.82. The summed E-state index contributed by atoms with van der Waals surface area (Å²) in [4.78, 5) is 14.0. The number of hydrogen-bond acceptors (Lipinski definition) is 3. The fourth-order valence-corrected chi connectivity index (χ4v) is 2.06. The van der Waals surface area contributed by atoms with Gasteiger partial charge in [-0.05, 0) is 18.2 Å². The lowest BCUT2D eigenvalue weighted by atomic mass is 10.1. The molecule has 1 heterocycles. The molecule has 1 aliphatic heterocycles. The van der Waals surface area contributed by atoms with E-state index in [0.717, 1.165) is 0 Å². The molecule has 100 valence electrons. The maximum atomic E-state index is 12.2. The average molecular weight is 280 g/mol. The third-order valence-corrected chi connectivity index (χ3v) is 3.13. The molecule has 0 aromatic heterocycles. The maximum absolute atomic E-state index is 12.2. The van der Waals surface area contributed by atoms with Crippen molar-refractivity contribution in [3.63, 3.8) is 0 Å². The van der Waals surface area contributed by atoms with E-state index < -0.39 is 0 Å². The van der Waals surface area contributed by atoms with Gasteiger partial charge in [0.15, 0.2) is 0 Å². The molecule has 0 aliphatic carbocycles. The average Bonchev–Trinajstić information content (AvgIpc) is 2.46. The molecule has 0 saturated carbocycles. The van der Waals surface area contributed by atoms with Gasteiger partial charge in [0.25, 0.3) is 5.91 Å². The van der Waals surface area contributed by atoms with Gasteiger partial charge in [0, 0.05) is 24.2 Å². The number of nitrogens with zero attached hydrogens (tertiary/aromatic N) is 1. The van der Waals surface area contributed by atoms with E-state index in [0.29, 0.717) is 42.5 Å². The molecule has 1 saturated heterocycles. The first-order valence-corrected chi connectivity index (χ1v) is 6.36. The summed E-state index contributed by atoms with van der Waals surface area (Å²) < 4.78 is 5.21. The maximum Gasteiger partial charge on any atom is 0.254 e. The van der Waals surface area contributed by atoms with Gasteiger partial charge in [-0.2, -0.15) is 0 Å². The molecule has 19 heavy (non-hydrogen) atoms. The van der Waals surface area contributed by atoms with Crippen molar-refractivity contribution < 1.29 is 14.6 Å². The second kappa shape index (κ2) is 6.58. The van der Waals surface area contributed by atoms with Crippen molar-refractivity contribution >= 4 is 17.5 Å². The van der Waals surface area contributed by atoms with Crippen LogP contribution in [0.2, 0.25) is 5.02 Å². The number of ether oxygens (including phenoxy) is 1. The standard InChI is InChI=1S/C14H14ClNO3/c15-13-10-12(4-3-11(13)2-1-7-17)14(18)16-5-8-19-9-6-16/h3-4,10,17H,5-9H2. The molecule has 0 atom stereocenters. The largest absolute Gasteiger partial charge is 0.384 e. The summed E-state index contributed by atoms with van der Waals surface area (Å²) in [6.45, 7) is 2.12. The van der Waals surface area contributed by atoms with Crippen LogP contribution < -0.4 is 0 Å². The summed E-state index contributed by atoms with van der Waals surface area (Å²) in [6.07, 6.45) is 0. The molecular formula is C14H14ClNO3. The summed E-state index contributed by atoms with van der Waals surface area (Å²) in [6, 6.07) is 5.00. The molecule has 1 aliphatic rings. The van der Waals surface area contributed by atoms with Crippen molar-refractivity contribution in [1.29, 1.82) is 0 Å². The van der Waals surface area contributed by atoms with E-state index in [-0.39, 0.29) is 12.5 Å². The van der Waals surface area contributed by atoms with E-state index in [1.54, 1.807) is 23.1 Å². The second-order valence-corrected chi connectivity index (χ2v) is 4.47. The van der Waals surface area contributed by atoms with Gasteiger partial charge >= 0.3 is 0 Å². The van der Waals surface area contributed by atoms with Crippen LogP contribution in [0.25, 0.3) is 0 Å². The number of morpholine rings is 1. The van der Waals surface area contributed by atoms with Gasteiger partial charge in [-0.25, -0.2) is 0 Å². The number of amides is 1. The van der Waals surface area contributed by atoms with Crippen LogP contribution in [-0.4, -0.2) is 48.8 Å². The molecule has 0 spiro atoms. The third kappa shape index (κ3) is 3.48. The van der Waals surface area contributed by atoms with E-state index >= 15 is 0 Å². The van der Waals surface area contributed by atoms with E-state index in [9.17, 15) is 4.79 Å². The summed E-state index contributed by atoms with van der Waals surface area (Å²) in [7, 11) is 0. The Morgan fingerprint density at radius 1 is 1.42 bits per heavy atom. The Labute approximate surface area is 116 Å². The van der Waals surface area contributed by atoms with Crippen LogP contribution in [0.1, 0.15) is 15.9 Å². The summed E-state index contributed by atoms with van der Waals surface area (Å²) >= 11 is 6.07. The number of rotatable bonds is 1. The number of aliphatic hydroxyl groups excluding tert-OH is 1. The predicted molar refractivity (Wildman–Crippen MR) is 72.1 cm³/mol. The van der Waals surface area contributed by atoms with E-state index in [4.69, 9.17) is 21.4 Å². The number of halogens is 1. The number of hydrogen-bond donors (Lipinski definition) is 1. The SMILES string of the molecule is O=C(c1ccc(C#CCO)c(Cl)c1)N1CCOCC1. The van der Waals surface area contributed by atoms with E-state index in [2.05, 4.69) is 11.8 Å². The quantitative estimate of drug-likeness (QED) is 0.785. The Bertz CT molecular complexity index is 527. The number of benzene rings is 1. The molecule has 4 nitrogen and oxygen atoms in total. The van der Waals surface area contributed by atoms with Crippen LogP contribution >= 0.6 is 11.6 Å². The van der Waals surface area contributed by atoms with Crippen LogP contribution in [0, 0.1) is 11.8 Å². The Kier molecular flexibility index (Phi) is 4.80. The van der Waals surface area contributed by atoms with Crippen LogP contribution in [0.4, 0.5) is 0 Å². The van der Waals surface area contributed by atoms with Gasteiger partial charge in [0.1, 0.15) is 6.61 Å². The van der Waals surface area contributed by atoms with Crippen molar-refractivity contribution in [3.8, 4) is 11.8 Å². The summed E-state index contributed by atoms with van der Waals surface area (Å²) in [5, 5.41) is 9.06. The molecule has 0 radical (unpaired) electrons. The molecule has 1 N–H and O–H groups in total. The van der Waals surface area contributed by atoms with Crippen LogP contribution in [0.3, 0.4) is 0 Å². The predicted octanol–water partition coefficient (Wildman–Crippen LogP) is 1.16. The van der Waals surface area contributed by atoms with Gasteiger partial charge in [0.2, 0.25) is 0 Å². The summed E-state index contributed by atoms with van der Waals surface area (Å²) in [5.41, 5.74) is 1.15. The Morgan fingerprint density at radius 3 is 2.79 bits per heavy atom. The lowest BCUT2D eigenvalue weighted by Gasteiger charge is -2.26. The van der Waals surface area contributed by atoms with Crippen molar-refractivity contribution in [1.82, 2.24) is 4.90 Å². The van der Waals surface area contributed by atoms with Gasteiger partial charge in [-0.1, -0.05) is 23.4 Å². The highest BCUT2D eigenvalue weighted by Crippen LogP contribution is 2.18. The molecule has 0 bridgehead atoms. The zero-order chi connectivity index (χ0) is 13.7. The molecule has 2 rings (SSSR count). The van der Waals surface area contributed by atoms with Crippen molar-refractivity contribution in [3.05, 3.63) is 34.3 Å². The van der Waals surface area contributed by atoms with Gasteiger partial charge in [0.05, 0.1) is 18.2 Å². The first kappa shape index (κ1) is 13.9. The molecule has 0 unspecified atom stereocenters. The normalized spacial score (nSPS) is 14.7. The topological polar surface area (TPSA) is 49.8 Å². The molecular weight excluding hydrogens is 266 g/mol. The van der Waals surface area contributed by atoms with Crippen molar-refractivity contribution in [2.45, 2.75) is 0 Å². The zero-order valence-corrected chi connectivity index (χ0v) is 11.1. The highest BCUT2D eigenvalue weighted by Gasteiger charge is 2.18. The van der Waals surface area contributed by atoms with Gasteiger partial charge in [-0.15, -0.1) is 0 Å². The van der Waals surface area contributed by atoms with Crippen LogP contribution in [-0.2, 0) is 4.74 Å². The first-order chi connectivity index (χ1) is 9.22. The minimum atomic E-state index is -0.217. The minimum absolute atomic E-state index is 0.0492. The molecule has 1 aromatic carbocycles. The molecule has 1 aromatic rings. The molecule has 1 fully saturated rings. The van der Waals surface area contributed by atoms with Crippen LogP contribution in [0.15, 0.2) is 18.2 Å². The van der Waals surface area contributed by atoms with Crippen LogP contribution in [0.5, 0.6) is 0 Å². The lowest BCUT2D eigenvalue weighted by Crippen LogP contribution is -2.40. The lowest BCUT2D eigenvalue weighted by molar-refractivity contribution is 0.0303. The number of carbonyl (C=O) groups is 1. The summed E-state index contributed by atoms with van der Waals surface area (Å²) in [5.74, 6) is 5.21. The minimum Gasteiger partial charge on any atom is -0.384 e. The van der Waals surface area contributed by atoms with E-state index in [1.807, 2.05) is 0 Å². The van der Waals surface area contributed by atoms with Gasteiger partial charge in [-0.3, -0.25) is 4.79 Å². The fourth-order valence-electron chi connectivity index (χ4n) is 1.83. The van der Waals surface area contributed by atoms with E-state index in [1.165, 1.54) is 0 Å². The number of carbonyl (C=O) groups excluding carboxylic acids is 1. The Balaban J connectivity index is 2.16.